The van der Waals surface area contributed by atoms with E-state index in [4.69, 9.17) is 9.97 Å². The molecule has 0 spiro atoms. The van der Waals surface area contributed by atoms with Gasteiger partial charge in [0.05, 0.1) is 15.7 Å². The highest BCUT2D eigenvalue weighted by atomic mass is 32.2. The summed E-state index contributed by atoms with van der Waals surface area (Å²) < 4.78 is 1.61. The molecule has 5 rings (SSSR count). The Morgan fingerprint density at radius 1 is 1.14 bits per heavy atom. The largest absolute Gasteiger partial charge is 0.351 e. The molecule has 2 aromatic carbocycles. The lowest BCUT2D eigenvalue weighted by molar-refractivity contribution is -0.384. The number of nitro groups is 1. The first kappa shape index (κ1) is 23.4. The van der Waals surface area contributed by atoms with Gasteiger partial charge < -0.3 is 5.32 Å². The number of fused-ring (bicyclic) bond motifs is 3. The predicted octanol–water partition coefficient (Wildman–Crippen LogP) is 4.43. The Morgan fingerprint density at radius 3 is 2.78 bits per heavy atom. The summed E-state index contributed by atoms with van der Waals surface area (Å²) in [5.74, 6) is 0.223. The zero-order chi connectivity index (χ0) is 25.1. The van der Waals surface area contributed by atoms with Crippen molar-refractivity contribution >= 4 is 39.9 Å². The Kier molecular flexibility index (Phi) is 6.54. The molecule has 0 saturated carbocycles. The summed E-state index contributed by atoms with van der Waals surface area (Å²) >= 11 is 1.31. The van der Waals surface area contributed by atoms with E-state index in [2.05, 4.69) is 15.4 Å². The first-order valence-electron chi connectivity index (χ1n) is 11.3. The Labute approximate surface area is 210 Å². The maximum atomic E-state index is 13.0. The number of carbonyl (C=O) groups excluding carboxylic acids is 1. The van der Waals surface area contributed by atoms with Gasteiger partial charge in [0.15, 0.2) is 16.6 Å². The number of hydrogen-bond acceptors (Lipinski definition) is 8. The van der Waals surface area contributed by atoms with Gasteiger partial charge in [-0.25, -0.2) is 9.97 Å². The number of aromatic nitrogens is 5. The van der Waals surface area contributed by atoms with E-state index in [9.17, 15) is 14.9 Å². The summed E-state index contributed by atoms with van der Waals surface area (Å²) in [6.45, 7) is 2.32. The number of pyridine rings is 1. The molecule has 0 fully saturated rings. The highest BCUT2D eigenvalue weighted by Gasteiger charge is 2.23. The average Bonchev–Trinajstić information content (AvgIpc) is 3.37. The first-order chi connectivity index (χ1) is 17.5. The molecule has 10 nitrogen and oxygen atoms in total. The van der Waals surface area contributed by atoms with Crippen LogP contribution in [0.3, 0.4) is 0 Å². The SMILES string of the molecule is CC[C@H](Sc1nc2ccccc2c2nc(-c3cccc([N+](=O)[O-])c3)nn12)C(=O)NCc1cccnc1. The molecule has 180 valence electrons. The molecule has 5 aromatic rings. The van der Waals surface area contributed by atoms with Gasteiger partial charge in [-0.3, -0.25) is 19.9 Å². The highest BCUT2D eigenvalue weighted by molar-refractivity contribution is 8.00. The number of non-ortho nitro benzene ring substituents is 1. The van der Waals surface area contributed by atoms with Crippen molar-refractivity contribution in [2.24, 2.45) is 0 Å². The lowest BCUT2D eigenvalue weighted by atomic mass is 10.2. The second kappa shape index (κ2) is 10.1. The number of nitro benzene ring substituents is 1. The second-order valence-electron chi connectivity index (χ2n) is 7.98. The van der Waals surface area contributed by atoms with Crippen LogP contribution in [-0.2, 0) is 11.3 Å². The van der Waals surface area contributed by atoms with Crippen molar-refractivity contribution in [2.45, 2.75) is 30.3 Å². The zero-order valence-electron chi connectivity index (χ0n) is 19.2. The summed E-state index contributed by atoms with van der Waals surface area (Å²) in [5.41, 5.74) is 2.68. The third-order valence-electron chi connectivity index (χ3n) is 5.56. The molecule has 0 aliphatic heterocycles. The van der Waals surface area contributed by atoms with Gasteiger partial charge in [-0.1, -0.05) is 49.0 Å². The van der Waals surface area contributed by atoms with Crippen LogP contribution in [-0.4, -0.2) is 40.6 Å². The number of para-hydroxylation sites is 1. The molecule has 1 amide bonds. The fourth-order valence-corrected chi connectivity index (χ4v) is 4.73. The number of thioether (sulfide) groups is 1. The molecule has 11 heteroatoms. The quantitative estimate of drug-likeness (QED) is 0.144. The first-order valence-corrected chi connectivity index (χ1v) is 12.1. The van der Waals surface area contributed by atoms with Gasteiger partial charge in [-0.05, 0) is 30.2 Å². The van der Waals surface area contributed by atoms with E-state index in [1.54, 1.807) is 29.0 Å². The molecule has 3 aromatic heterocycles. The number of benzene rings is 2. The molecule has 3 heterocycles. The van der Waals surface area contributed by atoms with Crippen LogP contribution in [0.2, 0.25) is 0 Å². The normalized spacial score (nSPS) is 12.0. The van der Waals surface area contributed by atoms with E-state index in [1.165, 1.54) is 23.9 Å². The van der Waals surface area contributed by atoms with Crippen LogP contribution in [0, 0.1) is 10.1 Å². The summed E-state index contributed by atoms with van der Waals surface area (Å²) in [6.07, 6.45) is 3.98. The number of nitrogens with zero attached hydrogens (tertiary/aromatic N) is 6. The lowest BCUT2D eigenvalue weighted by Gasteiger charge is -2.15. The van der Waals surface area contributed by atoms with Crippen molar-refractivity contribution in [3.63, 3.8) is 0 Å². The third-order valence-corrected chi connectivity index (χ3v) is 6.87. The van der Waals surface area contributed by atoms with Gasteiger partial charge in [-0.2, -0.15) is 4.52 Å². The summed E-state index contributed by atoms with van der Waals surface area (Å²) in [4.78, 5) is 37.3. The van der Waals surface area contributed by atoms with E-state index >= 15 is 0 Å². The molecule has 1 N–H and O–H groups in total. The minimum atomic E-state index is -0.451. The summed E-state index contributed by atoms with van der Waals surface area (Å²) in [6, 6.07) is 17.5. The van der Waals surface area contributed by atoms with Crippen LogP contribution < -0.4 is 5.32 Å². The molecule has 0 radical (unpaired) electrons. The Morgan fingerprint density at radius 2 is 2.00 bits per heavy atom. The predicted molar refractivity (Wildman–Crippen MR) is 136 cm³/mol. The van der Waals surface area contributed by atoms with Crippen LogP contribution >= 0.6 is 11.8 Å². The van der Waals surface area contributed by atoms with Crippen LogP contribution in [0.15, 0.2) is 78.2 Å². The Balaban J connectivity index is 1.51. The van der Waals surface area contributed by atoms with Gasteiger partial charge in [0.1, 0.15) is 0 Å². The number of carbonyl (C=O) groups is 1. The molecular weight excluding hydrogens is 478 g/mol. The molecule has 0 aliphatic rings. The van der Waals surface area contributed by atoms with Gasteiger partial charge in [0.25, 0.3) is 5.69 Å². The molecule has 0 unspecified atom stereocenters. The maximum absolute atomic E-state index is 13.0. The molecule has 1 atom stereocenters. The number of amides is 1. The number of hydrogen-bond donors (Lipinski definition) is 1. The lowest BCUT2D eigenvalue weighted by Crippen LogP contribution is -2.32. The fourth-order valence-electron chi connectivity index (χ4n) is 3.74. The summed E-state index contributed by atoms with van der Waals surface area (Å²) in [7, 11) is 0. The van der Waals surface area contributed by atoms with Crippen LogP contribution in [0.1, 0.15) is 18.9 Å². The Bertz CT molecular complexity index is 1570. The maximum Gasteiger partial charge on any atom is 0.270 e. The fraction of sp³-hybridized carbons (Fsp3) is 0.160. The van der Waals surface area contributed by atoms with E-state index < -0.39 is 10.2 Å². The topological polar surface area (TPSA) is 128 Å². The van der Waals surface area contributed by atoms with Gasteiger partial charge in [-0.15, -0.1) is 5.10 Å². The minimum Gasteiger partial charge on any atom is -0.351 e. The second-order valence-corrected chi connectivity index (χ2v) is 9.15. The van der Waals surface area contributed by atoms with Crippen LogP contribution in [0.4, 0.5) is 5.69 Å². The standard InChI is InChI=1S/C25H21N7O3S/c1-2-21(24(33)27-15-16-7-6-12-26-14-16)36-25-28-20-11-4-3-10-19(20)23-29-22(30-31(23)25)17-8-5-9-18(13-17)32(34)35/h3-14,21H,2,15H2,1H3,(H,27,33)/t21-/m0/s1. The molecule has 0 aliphatic carbocycles. The number of nitrogens with one attached hydrogen (secondary N) is 1. The molecule has 0 saturated heterocycles. The minimum absolute atomic E-state index is 0.0414. The number of rotatable bonds is 8. The van der Waals surface area contributed by atoms with E-state index in [0.29, 0.717) is 35.2 Å². The zero-order valence-corrected chi connectivity index (χ0v) is 20.1. The molecule has 0 bridgehead atoms. The van der Waals surface area contributed by atoms with Gasteiger partial charge >= 0.3 is 0 Å². The van der Waals surface area contributed by atoms with E-state index in [-0.39, 0.29) is 11.6 Å². The molecular formula is C25H21N7O3S. The van der Waals surface area contributed by atoms with Crippen molar-refractivity contribution < 1.29 is 9.72 Å². The summed E-state index contributed by atoms with van der Waals surface area (Å²) in [5, 5.41) is 19.7. The smallest absolute Gasteiger partial charge is 0.270 e. The Hall–Kier alpha value is -4.38. The van der Waals surface area contributed by atoms with E-state index in [1.807, 2.05) is 43.3 Å². The van der Waals surface area contributed by atoms with E-state index in [0.717, 1.165) is 16.5 Å². The van der Waals surface area contributed by atoms with Gasteiger partial charge in [0.2, 0.25) is 5.91 Å². The van der Waals surface area contributed by atoms with Crippen LogP contribution in [0.5, 0.6) is 0 Å². The van der Waals surface area contributed by atoms with Crippen molar-refractivity contribution in [1.82, 2.24) is 29.9 Å². The monoisotopic (exact) mass is 499 g/mol. The van der Waals surface area contributed by atoms with Crippen molar-refractivity contribution in [3.8, 4) is 11.4 Å². The van der Waals surface area contributed by atoms with Crippen LogP contribution in [0.25, 0.3) is 27.9 Å². The highest BCUT2D eigenvalue weighted by Crippen LogP contribution is 2.30. The van der Waals surface area contributed by atoms with Crippen molar-refractivity contribution in [2.75, 3.05) is 0 Å². The van der Waals surface area contributed by atoms with Crippen molar-refractivity contribution in [3.05, 3.63) is 88.7 Å². The van der Waals surface area contributed by atoms with Crippen molar-refractivity contribution in [1.29, 1.82) is 0 Å². The third kappa shape index (κ3) is 4.73. The average molecular weight is 500 g/mol. The van der Waals surface area contributed by atoms with Gasteiger partial charge in [0, 0.05) is 42.0 Å². The molecule has 36 heavy (non-hydrogen) atoms.